The van der Waals surface area contributed by atoms with Gasteiger partial charge in [0.15, 0.2) is 0 Å². The van der Waals surface area contributed by atoms with Crippen molar-refractivity contribution in [1.82, 2.24) is 10.6 Å². The molecule has 0 unspecified atom stereocenters. The number of nitrogens with zero attached hydrogens (tertiary/aromatic N) is 2. The summed E-state index contributed by atoms with van der Waals surface area (Å²) in [6.07, 6.45) is 4.79. The van der Waals surface area contributed by atoms with Gasteiger partial charge in [0, 0.05) is 42.0 Å². The average molecular weight is 592 g/mol. The van der Waals surface area contributed by atoms with E-state index in [-0.39, 0.29) is 36.0 Å². The molecule has 2 saturated carbocycles. The molecule has 0 atom stereocenters. The highest BCUT2D eigenvalue weighted by molar-refractivity contribution is 5.80. The van der Waals surface area contributed by atoms with Gasteiger partial charge >= 0.3 is 5.97 Å². The van der Waals surface area contributed by atoms with Crippen molar-refractivity contribution in [1.29, 1.82) is 0 Å². The maximum Gasteiger partial charge on any atom is 0.307 e. The van der Waals surface area contributed by atoms with Crippen LogP contribution >= 0.6 is 0 Å². The second-order valence-electron chi connectivity index (χ2n) is 10.2. The Morgan fingerprint density at radius 2 is 1.09 bits per heavy atom. The molecular weight excluding hydrogens is 558 g/mol. The maximum atomic E-state index is 11.5. The molecule has 226 valence electrons. The van der Waals surface area contributed by atoms with E-state index in [9.17, 15) is 34.6 Å². The fourth-order valence-electron chi connectivity index (χ4n) is 3.82. The lowest BCUT2D eigenvalue weighted by molar-refractivity contribution is -0.385. The van der Waals surface area contributed by atoms with Crippen molar-refractivity contribution in [3.05, 3.63) is 110 Å². The summed E-state index contributed by atoms with van der Waals surface area (Å²) in [4.78, 5) is 53.0. The van der Waals surface area contributed by atoms with Crippen LogP contribution in [0.2, 0.25) is 0 Å². The zero-order valence-electron chi connectivity index (χ0n) is 23.3. The zero-order chi connectivity index (χ0) is 31.4. The Balaban J connectivity index is 0.000000178. The number of hydrogen-bond donors (Lipinski definition) is 4. The van der Waals surface area contributed by atoms with Crippen LogP contribution in [0, 0.1) is 20.2 Å². The second-order valence-corrected chi connectivity index (χ2v) is 10.2. The van der Waals surface area contributed by atoms with Crippen molar-refractivity contribution in [3.8, 4) is 0 Å². The highest BCUT2D eigenvalue weighted by Crippen LogP contribution is 2.20. The van der Waals surface area contributed by atoms with Crippen LogP contribution in [0.5, 0.6) is 0 Å². The number of nitrogens with two attached hydrogens (primary N) is 1. The predicted molar refractivity (Wildman–Crippen MR) is 158 cm³/mol. The van der Waals surface area contributed by atoms with Crippen LogP contribution in [0.4, 0.5) is 17.1 Å². The number of carbonyl (C=O) groups excluding carboxylic acids is 2. The van der Waals surface area contributed by atoms with E-state index < -0.39 is 15.8 Å². The Morgan fingerprint density at radius 1 is 0.698 bits per heavy atom. The van der Waals surface area contributed by atoms with Gasteiger partial charge in [-0.25, -0.2) is 0 Å². The summed E-state index contributed by atoms with van der Waals surface area (Å²) < 4.78 is 0. The monoisotopic (exact) mass is 591 g/mol. The molecule has 2 aliphatic carbocycles. The van der Waals surface area contributed by atoms with E-state index in [0.717, 1.165) is 31.2 Å². The van der Waals surface area contributed by atoms with Crippen molar-refractivity contribution in [2.24, 2.45) is 0 Å². The van der Waals surface area contributed by atoms with Gasteiger partial charge in [-0.3, -0.25) is 34.6 Å². The Labute approximate surface area is 247 Å². The Bertz CT molecular complexity index is 1470. The van der Waals surface area contributed by atoms with Crippen molar-refractivity contribution in [3.63, 3.8) is 0 Å². The van der Waals surface area contributed by atoms with Gasteiger partial charge in [-0.1, -0.05) is 36.4 Å². The molecule has 0 spiro atoms. The number of carbonyl (C=O) groups is 3. The van der Waals surface area contributed by atoms with Crippen molar-refractivity contribution in [2.45, 2.75) is 57.0 Å². The molecule has 0 radical (unpaired) electrons. The number of benzene rings is 3. The third-order valence-electron chi connectivity index (χ3n) is 6.16. The predicted octanol–water partition coefficient (Wildman–Crippen LogP) is 3.73. The van der Waals surface area contributed by atoms with Gasteiger partial charge in [-0.15, -0.1) is 0 Å². The molecule has 0 aliphatic heterocycles. The third kappa shape index (κ3) is 12.8. The first-order valence-electron chi connectivity index (χ1n) is 13.6. The lowest BCUT2D eigenvalue weighted by Gasteiger charge is -2.03. The minimum Gasteiger partial charge on any atom is -0.481 e. The number of hydrogen-bond acceptors (Lipinski definition) is 8. The quantitative estimate of drug-likeness (QED) is 0.154. The summed E-state index contributed by atoms with van der Waals surface area (Å²) in [6, 6.07) is 20.0. The Hall–Kier alpha value is -5.33. The number of carboxylic acids is 1. The van der Waals surface area contributed by atoms with Gasteiger partial charge in [-0.2, -0.15) is 0 Å². The zero-order valence-corrected chi connectivity index (χ0v) is 23.3. The van der Waals surface area contributed by atoms with Crippen LogP contribution in [0.15, 0.2) is 72.8 Å². The van der Waals surface area contributed by atoms with E-state index in [4.69, 9.17) is 10.8 Å². The van der Waals surface area contributed by atoms with Crippen LogP contribution in [-0.4, -0.2) is 44.8 Å². The van der Waals surface area contributed by atoms with E-state index in [1.807, 2.05) is 24.3 Å². The molecule has 43 heavy (non-hydrogen) atoms. The minimum atomic E-state index is -1.000. The average Bonchev–Trinajstić information content (AvgIpc) is 3.87. The highest BCUT2D eigenvalue weighted by atomic mass is 16.6. The van der Waals surface area contributed by atoms with Gasteiger partial charge in [-0.05, 0) is 54.5 Å². The van der Waals surface area contributed by atoms with Gasteiger partial charge in [0.2, 0.25) is 11.8 Å². The van der Waals surface area contributed by atoms with Crippen LogP contribution in [0.3, 0.4) is 0 Å². The van der Waals surface area contributed by atoms with Gasteiger partial charge < -0.3 is 21.5 Å². The first kappa shape index (κ1) is 32.2. The molecule has 13 nitrogen and oxygen atoms in total. The van der Waals surface area contributed by atoms with E-state index in [0.29, 0.717) is 35.3 Å². The van der Waals surface area contributed by atoms with Gasteiger partial charge in [0.25, 0.3) is 11.4 Å². The molecule has 13 heteroatoms. The Kier molecular flexibility index (Phi) is 11.7. The first-order valence-corrected chi connectivity index (χ1v) is 13.6. The van der Waals surface area contributed by atoms with E-state index in [1.54, 1.807) is 18.2 Å². The smallest absolute Gasteiger partial charge is 0.307 e. The van der Waals surface area contributed by atoms with Crippen molar-refractivity contribution < 1.29 is 29.3 Å². The summed E-state index contributed by atoms with van der Waals surface area (Å²) in [6.45, 7) is 0. The lowest BCUT2D eigenvalue weighted by Crippen LogP contribution is -2.26. The number of carboxylic acid groups (broad SMARTS) is 1. The number of nitrogen functional groups attached to an aromatic ring is 1. The molecule has 2 aliphatic rings. The number of anilines is 1. The standard InChI is InChI=1S/C11H12N2O3.C11H14N2O.C8H7NO4/c14-11(12-9-4-5-9)7-8-2-1-3-10(6-8)13(15)16;12-9-3-1-2-8(6-9)7-11(14)13-10-4-5-10;10-8(11)5-6-2-1-3-7(4-6)9(12)13/h1-3,6,9H,4-5,7H2,(H,12,14);1-3,6,10H,4-5,7,12H2,(H,13,14);1-4H,5H2,(H,10,11). The molecule has 2 amide bonds. The minimum absolute atomic E-state index is 0.0247. The second kappa shape index (κ2) is 15.6. The summed E-state index contributed by atoms with van der Waals surface area (Å²) in [5.41, 5.74) is 8.35. The van der Waals surface area contributed by atoms with Crippen LogP contribution in [-0.2, 0) is 33.6 Å². The lowest BCUT2D eigenvalue weighted by atomic mass is 10.1. The van der Waals surface area contributed by atoms with Crippen LogP contribution in [0.25, 0.3) is 0 Å². The highest BCUT2D eigenvalue weighted by Gasteiger charge is 2.24. The summed E-state index contributed by atoms with van der Waals surface area (Å²) in [7, 11) is 0. The number of nitro benzene ring substituents is 2. The Morgan fingerprint density at radius 3 is 1.47 bits per heavy atom. The van der Waals surface area contributed by atoms with Crippen molar-refractivity contribution >= 4 is 34.8 Å². The van der Waals surface area contributed by atoms with Crippen molar-refractivity contribution in [2.75, 3.05) is 5.73 Å². The normalized spacial score (nSPS) is 13.2. The SMILES string of the molecule is Nc1cccc(CC(=O)NC2CC2)c1.O=C(Cc1cccc([N+](=O)[O-])c1)NC1CC1.O=C(O)Cc1cccc([N+](=O)[O-])c1. The molecule has 5 N–H and O–H groups in total. The molecule has 3 aromatic carbocycles. The molecule has 2 fully saturated rings. The number of nitrogens with one attached hydrogen (secondary N) is 2. The largest absolute Gasteiger partial charge is 0.481 e. The molecular formula is C30H33N5O8. The van der Waals surface area contributed by atoms with E-state index in [2.05, 4.69) is 10.6 Å². The topological polar surface area (TPSA) is 208 Å². The summed E-state index contributed by atoms with van der Waals surface area (Å²) in [5.74, 6) is -0.971. The molecule has 0 bridgehead atoms. The van der Waals surface area contributed by atoms with Crippen LogP contribution < -0.4 is 16.4 Å². The maximum absolute atomic E-state index is 11.5. The molecule has 0 aromatic heterocycles. The summed E-state index contributed by atoms with van der Waals surface area (Å²) in [5, 5.41) is 35.0. The fourth-order valence-corrected chi connectivity index (χ4v) is 3.82. The fraction of sp³-hybridized carbons (Fsp3) is 0.300. The molecule has 0 saturated heterocycles. The number of rotatable bonds is 10. The number of non-ortho nitro benzene ring substituents is 2. The third-order valence-corrected chi connectivity index (χ3v) is 6.16. The molecule has 0 heterocycles. The van der Waals surface area contributed by atoms with E-state index >= 15 is 0 Å². The molecule has 5 rings (SSSR count). The number of aliphatic carboxylic acids is 1. The van der Waals surface area contributed by atoms with E-state index in [1.165, 1.54) is 30.3 Å². The van der Waals surface area contributed by atoms with Crippen LogP contribution in [0.1, 0.15) is 42.4 Å². The van der Waals surface area contributed by atoms with Gasteiger partial charge in [0.1, 0.15) is 0 Å². The molecule has 3 aromatic rings. The number of amides is 2. The summed E-state index contributed by atoms with van der Waals surface area (Å²) >= 11 is 0. The number of nitro groups is 2. The van der Waals surface area contributed by atoms with Gasteiger partial charge in [0.05, 0.1) is 29.1 Å². The first-order chi connectivity index (χ1) is 20.5.